The van der Waals surface area contributed by atoms with Gasteiger partial charge in [0.05, 0.1) is 12.8 Å². The molecule has 3 atom stereocenters. The van der Waals surface area contributed by atoms with Gasteiger partial charge in [-0.25, -0.2) is 0 Å². The Morgan fingerprint density at radius 1 is 0.848 bits per heavy atom. The number of hydrogen-bond donors (Lipinski definition) is 6. The number of benzene rings is 1. The number of nitrogens with zero attached hydrogens (tertiary/aromatic N) is 1. The maximum absolute atomic E-state index is 13.8. The zero-order chi connectivity index (χ0) is 34.2. The van der Waals surface area contributed by atoms with Crippen LogP contribution in [0.15, 0.2) is 30.5 Å². The molecule has 46 heavy (non-hydrogen) atoms. The quantitative estimate of drug-likeness (QED) is 0.112. The molecular weight excluding hydrogens is 592 g/mol. The highest BCUT2D eigenvalue weighted by Gasteiger charge is 2.34. The van der Waals surface area contributed by atoms with Crippen molar-refractivity contribution < 1.29 is 33.9 Å². The predicted octanol–water partition coefficient (Wildman–Crippen LogP) is 2.52. The van der Waals surface area contributed by atoms with Crippen molar-refractivity contribution in [3.05, 3.63) is 36.0 Å². The van der Waals surface area contributed by atoms with Crippen molar-refractivity contribution in [1.29, 1.82) is 0 Å². The second-order valence-electron chi connectivity index (χ2n) is 12.0. The van der Waals surface area contributed by atoms with Crippen LogP contribution in [0.3, 0.4) is 0 Å². The summed E-state index contributed by atoms with van der Waals surface area (Å²) in [6.45, 7) is 5.50. The number of H-pyrrole nitrogens is 1. The van der Waals surface area contributed by atoms with Crippen molar-refractivity contribution >= 4 is 46.4 Å². The zero-order valence-corrected chi connectivity index (χ0v) is 27.4. The highest BCUT2D eigenvalue weighted by atomic mass is 16.4. The lowest BCUT2D eigenvalue weighted by Crippen LogP contribution is -2.58. The van der Waals surface area contributed by atoms with Crippen LogP contribution in [0.4, 0.5) is 0 Å². The molecule has 0 radical (unpaired) electrons. The average Bonchev–Trinajstić information content (AvgIpc) is 3.40. The molecule has 3 unspecified atom stereocenters. The summed E-state index contributed by atoms with van der Waals surface area (Å²) in [6.07, 6.45) is 7.99. The van der Waals surface area contributed by atoms with Crippen molar-refractivity contribution in [3.8, 4) is 0 Å². The summed E-state index contributed by atoms with van der Waals surface area (Å²) in [7, 11) is 1.53. The van der Waals surface area contributed by atoms with E-state index in [4.69, 9.17) is 5.73 Å². The second kappa shape index (κ2) is 19.2. The molecule has 0 aliphatic heterocycles. The van der Waals surface area contributed by atoms with Crippen LogP contribution in [0.5, 0.6) is 0 Å². The first kappa shape index (κ1) is 37.8. The molecule has 7 N–H and O–H groups in total. The van der Waals surface area contributed by atoms with Crippen LogP contribution in [0.2, 0.25) is 0 Å². The van der Waals surface area contributed by atoms with E-state index in [2.05, 4.69) is 27.9 Å². The molecule has 0 aliphatic carbocycles. The van der Waals surface area contributed by atoms with E-state index >= 15 is 0 Å². The summed E-state index contributed by atoms with van der Waals surface area (Å²) in [5, 5.41) is 17.6. The topological polar surface area (TPSA) is 204 Å². The number of nitrogens with one attached hydrogen (secondary N) is 4. The van der Waals surface area contributed by atoms with Crippen LogP contribution >= 0.6 is 0 Å². The zero-order valence-electron chi connectivity index (χ0n) is 27.4. The van der Waals surface area contributed by atoms with E-state index in [1.54, 1.807) is 20.0 Å². The minimum Gasteiger partial charge on any atom is -0.481 e. The molecule has 0 bridgehead atoms. The fourth-order valence-electron chi connectivity index (χ4n) is 5.22. The van der Waals surface area contributed by atoms with Gasteiger partial charge in [0.15, 0.2) is 0 Å². The van der Waals surface area contributed by atoms with Crippen LogP contribution in [0.25, 0.3) is 10.9 Å². The molecule has 2 aromatic rings. The third-order valence-corrected chi connectivity index (χ3v) is 7.73. The van der Waals surface area contributed by atoms with Crippen LogP contribution < -0.4 is 21.7 Å². The maximum atomic E-state index is 13.8. The van der Waals surface area contributed by atoms with Gasteiger partial charge in [0.25, 0.3) is 0 Å². The number of aromatic nitrogens is 1. The summed E-state index contributed by atoms with van der Waals surface area (Å²) in [6, 6.07) is 3.14. The average molecular weight is 643 g/mol. The van der Waals surface area contributed by atoms with Gasteiger partial charge in [0.1, 0.15) is 18.1 Å². The van der Waals surface area contributed by atoms with Crippen LogP contribution in [0, 0.1) is 0 Å². The van der Waals surface area contributed by atoms with E-state index in [1.807, 2.05) is 24.3 Å². The van der Waals surface area contributed by atoms with Gasteiger partial charge >= 0.3 is 5.97 Å². The number of amides is 5. The molecule has 1 heterocycles. The summed E-state index contributed by atoms with van der Waals surface area (Å²) in [5.74, 6) is -4.87. The number of carbonyl (C=O) groups is 6. The number of carboxylic acid groups (broad SMARTS) is 1. The molecule has 5 amide bonds. The summed E-state index contributed by atoms with van der Waals surface area (Å²) >= 11 is 0. The third-order valence-electron chi connectivity index (χ3n) is 7.73. The Morgan fingerprint density at radius 3 is 2.07 bits per heavy atom. The van der Waals surface area contributed by atoms with Crippen molar-refractivity contribution in [2.75, 3.05) is 7.05 Å². The first-order valence-electron chi connectivity index (χ1n) is 16.1. The number of primary amides is 1. The number of hydrogen-bond acceptors (Lipinski definition) is 6. The van der Waals surface area contributed by atoms with E-state index < -0.39 is 60.6 Å². The van der Waals surface area contributed by atoms with E-state index in [9.17, 15) is 33.9 Å². The van der Waals surface area contributed by atoms with E-state index in [0.717, 1.165) is 48.6 Å². The fraction of sp³-hybridized carbons (Fsp3) is 0.576. The number of carboxylic acids is 1. The largest absolute Gasteiger partial charge is 0.481 e. The van der Waals surface area contributed by atoms with Crippen LogP contribution in [-0.4, -0.2) is 81.7 Å². The van der Waals surface area contributed by atoms with E-state index in [-0.39, 0.29) is 24.8 Å². The molecule has 13 nitrogen and oxygen atoms in total. The highest BCUT2D eigenvalue weighted by Crippen LogP contribution is 2.21. The maximum Gasteiger partial charge on any atom is 0.305 e. The van der Waals surface area contributed by atoms with Gasteiger partial charge in [0, 0.05) is 43.0 Å². The first-order chi connectivity index (χ1) is 21.8. The Morgan fingerprint density at radius 2 is 1.43 bits per heavy atom. The number of carbonyl (C=O) groups excluding carboxylic acids is 5. The lowest BCUT2D eigenvalue weighted by Gasteiger charge is -2.29. The number of para-hydroxylation sites is 1. The number of aliphatic carboxylic acids is 1. The molecule has 2 rings (SSSR count). The summed E-state index contributed by atoms with van der Waals surface area (Å²) in [4.78, 5) is 80.9. The highest BCUT2D eigenvalue weighted by molar-refractivity contribution is 5.97. The van der Waals surface area contributed by atoms with Gasteiger partial charge in [-0.15, -0.1) is 0 Å². The van der Waals surface area contributed by atoms with Gasteiger partial charge < -0.3 is 36.7 Å². The van der Waals surface area contributed by atoms with Crippen LogP contribution in [0.1, 0.15) is 90.5 Å². The van der Waals surface area contributed by atoms with Gasteiger partial charge in [-0.1, -0.05) is 63.6 Å². The second-order valence-corrected chi connectivity index (χ2v) is 12.0. The van der Waals surface area contributed by atoms with Crippen molar-refractivity contribution in [2.45, 2.75) is 116 Å². The smallest absolute Gasteiger partial charge is 0.305 e. The van der Waals surface area contributed by atoms with Gasteiger partial charge in [0.2, 0.25) is 29.5 Å². The standard InChI is InChI=1S/C33H50N6O7/c1-5-6-7-8-9-10-11-16-29(41)39(4)27(17-22-20-35-24-15-13-12-14-23(22)24)33(46)38-25(18-28(34)40)32(45)37-26(19-30(42)43)31(44)36-21(2)3/h12-15,20-21,25-27,35H,5-11,16-19H2,1-4H3,(H2,34,40)(H,36,44)(H,37,45)(H,38,46)(H,42,43). The lowest BCUT2D eigenvalue weighted by atomic mass is 10.0. The lowest BCUT2D eigenvalue weighted by molar-refractivity contribution is -0.142. The Kier molecular flexibility index (Phi) is 15.7. The number of fused-ring (bicyclic) bond motifs is 1. The molecule has 0 aliphatic rings. The van der Waals surface area contributed by atoms with E-state index in [0.29, 0.717) is 6.42 Å². The third kappa shape index (κ3) is 12.5. The summed E-state index contributed by atoms with van der Waals surface area (Å²) in [5.41, 5.74) is 7.02. The molecule has 1 aromatic heterocycles. The first-order valence-corrected chi connectivity index (χ1v) is 16.1. The van der Waals surface area contributed by atoms with Crippen LogP contribution in [-0.2, 0) is 35.2 Å². The molecule has 0 fully saturated rings. The minimum atomic E-state index is -1.52. The molecule has 254 valence electrons. The molecule has 0 saturated carbocycles. The summed E-state index contributed by atoms with van der Waals surface area (Å²) < 4.78 is 0. The SMILES string of the molecule is CCCCCCCCCC(=O)N(C)C(Cc1c[nH]c2ccccc12)C(=O)NC(CC(N)=O)C(=O)NC(CC(=O)O)C(=O)NC(C)C. The normalized spacial score (nSPS) is 13.1. The van der Waals surface area contributed by atoms with Gasteiger partial charge in [-0.05, 0) is 31.9 Å². The molecule has 13 heteroatoms. The van der Waals surface area contributed by atoms with Gasteiger partial charge in [-0.2, -0.15) is 0 Å². The molecule has 0 spiro atoms. The predicted molar refractivity (Wildman–Crippen MR) is 174 cm³/mol. The molecular formula is C33H50N6O7. The van der Waals surface area contributed by atoms with Crippen molar-refractivity contribution in [1.82, 2.24) is 25.8 Å². The number of aromatic amines is 1. The monoisotopic (exact) mass is 642 g/mol. The number of unbranched alkanes of at least 4 members (excludes halogenated alkanes) is 6. The number of nitrogens with two attached hydrogens (primary N) is 1. The Labute approximate surface area is 270 Å². The number of rotatable bonds is 21. The van der Waals surface area contributed by atoms with E-state index in [1.165, 1.54) is 18.4 Å². The van der Waals surface area contributed by atoms with Gasteiger partial charge in [-0.3, -0.25) is 28.8 Å². The molecule has 0 saturated heterocycles. The molecule has 1 aromatic carbocycles. The Hall–Kier alpha value is -4.42. The van der Waals surface area contributed by atoms with Crippen molar-refractivity contribution in [2.24, 2.45) is 5.73 Å². The minimum absolute atomic E-state index is 0.110. The number of likely N-dealkylation sites (N-methyl/N-ethyl adjacent to an activating group) is 1. The fourth-order valence-corrected chi connectivity index (χ4v) is 5.22. The Balaban J connectivity index is 2.27. The van der Waals surface area contributed by atoms with Crippen molar-refractivity contribution in [3.63, 3.8) is 0 Å². The Bertz CT molecular complexity index is 1340.